The van der Waals surface area contributed by atoms with Crippen molar-refractivity contribution in [1.29, 1.82) is 0 Å². The van der Waals surface area contributed by atoms with Gasteiger partial charge in [0.1, 0.15) is 0 Å². The topological polar surface area (TPSA) is 73.9 Å². The van der Waals surface area contributed by atoms with Gasteiger partial charge in [-0.15, -0.1) is 0 Å². The van der Waals surface area contributed by atoms with Gasteiger partial charge in [0.2, 0.25) is 5.75 Å². The summed E-state index contributed by atoms with van der Waals surface area (Å²) in [6.45, 7) is 0. The average Bonchev–Trinajstić information content (AvgIpc) is 2.60. The molecular weight excluding hydrogens is 366 g/mol. The van der Waals surface area contributed by atoms with Crippen molar-refractivity contribution in [3.63, 3.8) is 0 Å². The molecule has 134 valence electrons. The summed E-state index contributed by atoms with van der Waals surface area (Å²) in [6, 6.07) is 9.81. The van der Waals surface area contributed by atoms with E-state index in [1.54, 1.807) is 24.3 Å². The molecule has 2 aromatic carbocycles. The van der Waals surface area contributed by atoms with E-state index in [1.807, 2.05) is 0 Å². The lowest BCUT2D eigenvalue weighted by Gasteiger charge is -2.14. The zero-order valence-electron chi connectivity index (χ0n) is 13.9. The first-order valence-electron chi connectivity index (χ1n) is 7.15. The Bertz CT molecular complexity index is 838. The van der Waals surface area contributed by atoms with E-state index in [0.29, 0.717) is 27.8 Å². The maximum atomic E-state index is 12.3. The quantitative estimate of drug-likeness (QED) is 0.787. The lowest BCUT2D eigenvalue weighted by Crippen LogP contribution is -2.09. The van der Waals surface area contributed by atoms with E-state index in [1.165, 1.54) is 39.5 Å². The van der Waals surface area contributed by atoms with Crippen molar-refractivity contribution in [2.45, 2.75) is 0 Å². The molecule has 0 aliphatic rings. The van der Waals surface area contributed by atoms with Gasteiger partial charge in [-0.25, -0.2) is 8.42 Å². The molecule has 0 unspecified atom stereocenters. The van der Waals surface area contributed by atoms with Gasteiger partial charge in [0, 0.05) is 17.2 Å². The van der Waals surface area contributed by atoms with Crippen LogP contribution >= 0.6 is 11.6 Å². The number of hydrogen-bond acceptors (Lipinski definition) is 5. The zero-order valence-corrected chi connectivity index (χ0v) is 15.5. The number of rotatable bonds is 7. The highest BCUT2D eigenvalue weighted by molar-refractivity contribution is 7.95. The number of nitrogens with one attached hydrogen (secondary N) is 1. The van der Waals surface area contributed by atoms with E-state index in [-0.39, 0.29) is 5.69 Å². The van der Waals surface area contributed by atoms with Crippen LogP contribution in [0, 0.1) is 0 Å². The molecule has 0 spiro atoms. The van der Waals surface area contributed by atoms with Gasteiger partial charge in [-0.3, -0.25) is 4.72 Å². The van der Waals surface area contributed by atoms with Crippen molar-refractivity contribution in [2.75, 3.05) is 26.1 Å². The molecule has 2 aromatic rings. The summed E-state index contributed by atoms with van der Waals surface area (Å²) >= 11 is 5.80. The fraction of sp³-hybridized carbons (Fsp3) is 0.176. The molecule has 0 bridgehead atoms. The molecule has 25 heavy (non-hydrogen) atoms. The van der Waals surface area contributed by atoms with Crippen molar-refractivity contribution in [2.24, 2.45) is 0 Å². The maximum absolute atomic E-state index is 12.3. The Hall–Kier alpha value is -2.38. The lowest BCUT2D eigenvalue weighted by molar-refractivity contribution is 0.325. The van der Waals surface area contributed by atoms with Gasteiger partial charge in [0.05, 0.1) is 32.4 Å². The van der Waals surface area contributed by atoms with Gasteiger partial charge in [-0.2, -0.15) is 0 Å². The van der Waals surface area contributed by atoms with Crippen LogP contribution in [-0.4, -0.2) is 29.7 Å². The number of hydrogen-bond donors (Lipinski definition) is 1. The van der Waals surface area contributed by atoms with Crippen molar-refractivity contribution in [3.8, 4) is 17.2 Å². The van der Waals surface area contributed by atoms with E-state index in [9.17, 15) is 8.42 Å². The number of anilines is 1. The fourth-order valence-electron chi connectivity index (χ4n) is 2.08. The second-order valence-electron chi connectivity index (χ2n) is 4.92. The van der Waals surface area contributed by atoms with Crippen LogP contribution in [0.1, 0.15) is 5.56 Å². The average molecular weight is 384 g/mol. The third-order valence-electron chi connectivity index (χ3n) is 3.23. The zero-order chi connectivity index (χ0) is 18.4. The normalized spacial score (nSPS) is 11.4. The third kappa shape index (κ3) is 5.04. The number of methoxy groups -OCH3 is 3. The van der Waals surface area contributed by atoms with Crippen LogP contribution in [0.2, 0.25) is 5.02 Å². The lowest BCUT2D eigenvalue weighted by atomic mass is 10.2. The Morgan fingerprint density at radius 1 is 0.960 bits per heavy atom. The Balaban J connectivity index is 2.26. The smallest absolute Gasteiger partial charge is 0.255 e. The monoisotopic (exact) mass is 383 g/mol. The van der Waals surface area contributed by atoms with Crippen LogP contribution in [0.5, 0.6) is 17.2 Å². The first-order chi connectivity index (χ1) is 11.9. The molecule has 2 rings (SSSR count). The molecule has 0 saturated carbocycles. The Morgan fingerprint density at radius 2 is 1.52 bits per heavy atom. The molecule has 0 aliphatic carbocycles. The van der Waals surface area contributed by atoms with E-state index < -0.39 is 10.0 Å². The minimum atomic E-state index is -3.73. The Labute approximate surface area is 152 Å². The number of benzene rings is 2. The standard InChI is InChI=1S/C17H18ClNO5S/c1-22-15-10-14(11-16(23-2)17(15)24-3)19-25(20,21)9-8-12-4-6-13(18)7-5-12/h4-11,19H,1-3H3. The van der Waals surface area contributed by atoms with Crippen molar-refractivity contribution >= 4 is 33.4 Å². The van der Waals surface area contributed by atoms with Gasteiger partial charge in [-0.05, 0) is 23.8 Å². The Kier molecular flexibility index (Phi) is 6.17. The Morgan fingerprint density at radius 3 is 2.00 bits per heavy atom. The molecule has 1 N–H and O–H groups in total. The van der Waals surface area contributed by atoms with Crippen molar-refractivity contribution in [1.82, 2.24) is 0 Å². The minimum absolute atomic E-state index is 0.287. The predicted octanol–water partition coefficient (Wildman–Crippen LogP) is 3.78. The summed E-state index contributed by atoms with van der Waals surface area (Å²) in [4.78, 5) is 0. The first kappa shape index (κ1) is 19.0. The summed E-state index contributed by atoms with van der Waals surface area (Å²) < 4.78 is 42.6. The number of ether oxygens (including phenoxy) is 3. The van der Waals surface area contributed by atoms with E-state index in [2.05, 4.69) is 4.72 Å². The molecule has 0 atom stereocenters. The molecule has 0 heterocycles. The van der Waals surface area contributed by atoms with Gasteiger partial charge >= 0.3 is 0 Å². The molecule has 0 aliphatic heterocycles. The summed E-state index contributed by atoms with van der Waals surface area (Å²) in [7, 11) is 0.652. The molecular formula is C17H18ClNO5S. The van der Waals surface area contributed by atoms with Crippen LogP contribution < -0.4 is 18.9 Å². The van der Waals surface area contributed by atoms with Gasteiger partial charge in [-0.1, -0.05) is 23.7 Å². The molecule has 0 aromatic heterocycles. The van der Waals surface area contributed by atoms with Gasteiger partial charge in [0.15, 0.2) is 11.5 Å². The summed E-state index contributed by atoms with van der Waals surface area (Å²) in [5.41, 5.74) is 0.995. The highest BCUT2D eigenvalue weighted by atomic mass is 35.5. The predicted molar refractivity (Wildman–Crippen MR) is 99.1 cm³/mol. The van der Waals surface area contributed by atoms with Crippen LogP contribution in [0.15, 0.2) is 41.8 Å². The first-order valence-corrected chi connectivity index (χ1v) is 9.07. The van der Waals surface area contributed by atoms with Crippen molar-refractivity contribution in [3.05, 3.63) is 52.4 Å². The third-order valence-corrected chi connectivity index (χ3v) is 4.50. The second-order valence-corrected chi connectivity index (χ2v) is 6.92. The molecule has 6 nitrogen and oxygen atoms in total. The minimum Gasteiger partial charge on any atom is -0.493 e. The van der Waals surface area contributed by atoms with E-state index in [4.69, 9.17) is 25.8 Å². The summed E-state index contributed by atoms with van der Waals surface area (Å²) in [5, 5.41) is 1.65. The molecule has 0 radical (unpaired) electrons. The highest BCUT2D eigenvalue weighted by Gasteiger charge is 2.15. The van der Waals surface area contributed by atoms with Crippen LogP contribution in [0.3, 0.4) is 0 Å². The van der Waals surface area contributed by atoms with E-state index >= 15 is 0 Å². The molecule has 0 saturated heterocycles. The fourth-order valence-corrected chi connectivity index (χ4v) is 3.06. The number of halogens is 1. The largest absolute Gasteiger partial charge is 0.493 e. The molecule has 0 fully saturated rings. The van der Waals surface area contributed by atoms with Gasteiger partial charge in [0.25, 0.3) is 10.0 Å². The SMILES string of the molecule is COc1cc(NS(=O)(=O)C=Cc2ccc(Cl)cc2)cc(OC)c1OC. The van der Waals surface area contributed by atoms with Crippen LogP contribution in [-0.2, 0) is 10.0 Å². The summed E-state index contributed by atoms with van der Waals surface area (Å²) in [6.07, 6.45) is 1.47. The van der Waals surface area contributed by atoms with Crippen molar-refractivity contribution < 1.29 is 22.6 Å². The van der Waals surface area contributed by atoms with Gasteiger partial charge < -0.3 is 14.2 Å². The highest BCUT2D eigenvalue weighted by Crippen LogP contribution is 2.40. The summed E-state index contributed by atoms with van der Waals surface area (Å²) in [5.74, 6) is 1.08. The van der Waals surface area contributed by atoms with E-state index in [0.717, 1.165) is 5.41 Å². The number of sulfonamides is 1. The van der Waals surface area contributed by atoms with Crippen LogP contribution in [0.4, 0.5) is 5.69 Å². The molecule has 8 heteroatoms. The molecule has 0 amide bonds. The second kappa shape index (κ2) is 8.13. The maximum Gasteiger partial charge on any atom is 0.255 e. The van der Waals surface area contributed by atoms with Crippen LogP contribution in [0.25, 0.3) is 6.08 Å².